The number of aryl methyl sites for hydroxylation is 1. The summed E-state index contributed by atoms with van der Waals surface area (Å²) in [5.74, 6) is 5.57. The van der Waals surface area contributed by atoms with E-state index in [1.54, 1.807) is 22.8 Å². The summed E-state index contributed by atoms with van der Waals surface area (Å²) < 4.78 is 0. The molecule has 0 saturated carbocycles. The van der Waals surface area contributed by atoms with Crippen molar-refractivity contribution in [2.45, 2.75) is 13.5 Å². The lowest BCUT2D eigenvalue weighted by atomic mass is 10.3. The fraction of sp³-hybridized carbons (Fsp3) is 0.231. The maximum atomic E-state index is 11.9. The number of carbonyl (C=O) groups is 1. The van der Waals surface area contributed by atoms with Gasteiger partial charge in [0.25, 0.3) is 5.91 Å². The Kier molecular flexibility index (Phi) is 4.68. The topological polar surface area (TPSA) is 68.0 Å². The van der Waals surface area contributed by atoms with Crippen molar-refractivity contribution in [2.75, 3.05) is 6.54 Å². The van der Waals surface area contributed by atoms with E-state index in [1.165, 1.54) is 11.3 Å². The average Bonchev–Trinajstić information content (AvgIpc) is 3.02. The van der Waals surface area contributed by atoms with Gasteiger partial charge in [-0.05, 0) is 13.0 Å². The van der Waals surface area contributed by atoms with Gasteiger partial charge in [-0.1, -0.05) is 11.8 Å². The molecule has 0 atom stereocenters. The fourth-order valence-electron chi connectivity index (χ4n) is 1.42. The van der Waals surface area contributed by atoms with Crippen LogP contribution in [-0.4, -0.2) is 17.4 Å². The number of carbonyl (C=O) groups excluding carboxylic acids is 1. The first-order chi connectivity index (χ1) is 9.19. The van der Waals surface area contributed by atoms with E-state index in [0.717, 1.165) is 15.6 Å². The van der Waals surface area contributed by atoms with Crippen LogP contribution in [0.4, 0.5) is 0 Å². The minimum absolute atomic E-state index is 0.109. The molecule has 0 aliphatic carbocycles. The Balaban J connectivity index is 1.94. The Labute approximate surface area is 119 Å². The molecule has 0 unspecified atom stereocenters. The Morgan fingerprint density at radius 2 is 2.32 bits per heavy atom. The zero-order chi connectivity index (χ0) is 13.7. The van der Waals surface area contributed by atoms with Crippen LogP contribution in [0.25, 0.3) is 0 Å². The molecule has 0 spiro atoms. The molecule has 3 N–H and O–H groups in total. The molecule has 0 bridgehead atoms. The van der Waals surface area contributed by atoms with Gasteiger partial charge in [0.05, 0.1) is 34.2 Å². The number of thiophene rings is 1. The standard InChI is InChI=1S/C13H13N3OS2/c1-9-16-11(8-18-9)6-15-13(17)10-5-12(19-7-10)3-2-4-14/h5,7-8H,4,6,14H2,1H3,(H,15,17). The second kappa shape index (κ2) is 6.48. The van der Waals surface area contributed by atoms with Crippen molar-refractivity contribution in [3.05, 3.63) is 38.0 Å². The summed E-state index contributed by atoms with van der Waals surface area (Å²) in [6, 6.07) is 1.77. The van der Waals surface area contributed by atoms with Crippen LogP contribution in [-0.2, 0) is 6.54 Å². The summed E-state index contributed by atoms with van der Waals surface area (Å²) >= 11 is 3.01. The first-order valence-corrected chi connectivity index (χ1v) is 7.41. The Bertz CT molecular complexity index is 634. The van der Waals surface area contributed by atoms with Crippen LogP contribution in [0.2, 0.25) is 0 Å². The van der Waals surface area contributed by atoms with Crippen LogP contribution < -0.4 is 11.1 Å². The predicted molar refractivity (Wildman–Crippen MR) is 78.3 cm³/mol. The quantitative estimate of drug-likeness (QED) is 0.847. The summed E-state index contributed by atoms with van der Waals surface area (Å²) in [5, 5.41) is 7.58. The smallest absolute Gasteiger partial charge is 0.252 e. The molecule has 98 valence electrons. The van der Waals surface area contributed by atoms with Gasteiger partial charge in [-0.25, -0.2) is 4.98 Å². The largest absolute Gasteiger partial charge is 0.346 e. The van der Waals surface area contributed by atoms with E-state index in [-0.39, 0.29) is 5.91 Å². The number of aromatic nitrogens is 1. The third kappa shape index (κ3) is 3.89. The first-order valence-electron chi connectivity index (χ1n) is 5.65. The molecule has 6 heteroatoms. The molecule has 2 heterocycles. The highest BCUT2D eigenvalue weighted by atomic mass is 32.1. The Morgan fingerprint density at radius 1 is 1.47 bits per heavy atom. The molecule has 4 nitrogen and oxygen atoms in total. The molecule has 0 aliphatic heterocycles. The van der Waals surface area contributed by atoms with E-state index in [1.807, 2.05) is 12.3 Å². The highest BCUT2D eigenvalue weighted by Gasteiger charge is 2.08. The molecule has 19 heavy (non-hydrogen) atoms. The lowest BCUT2D eigenvalue weighted by molar-refractivity contribution is 0.0951. The van der Waals surface area contributed by atoms with E-state index in [0.29, 0.717) is 18.7 Å². The maximum absolute atomic E-state index is 11.9. The van der Waals surface area contributed by atoms with Gasteiger partial charge >= 0.3 is 0 Å². The number of nitrogens with zero attached hydrogens (tertiary/aromatic N) is 1. The van der Waals surface area contributed by atoms with Gasteiger partial charge in [0.15, 0.2) is 0 Å². The van der Waals surface area contributed by atoms with Crippen LogP contribution in [0.15, 0.2) is 16.8 Å². The number of nitrogens with one attached hydrogen (secondary N) is 1. The SMILES string of the molecule is Cc1nc(CNC(=O)c2csc(C#CCN)c2)cs1. The van der Waals surface area contributed by atoms with Crippen molar-refractivity contribution < 1.29 is 4.79 Å². The van der Waals surface area contributed by atoms with Gasteiger partial charge in [0.2, 0.25) is 0 Å². The van der Waals surface area contributed by atoms with E-state index in [4.69, 9.17) is 5.73 Å². The summed E-state index contributed by atoms with van der Waals surface area (Å²) in [6.07, 6.45) is 0. The van der Waals surface area contributed by atoms with Crippen LogP contribution in [0.3, 0.4) is 0 Å². The second-order valence-electron chi connectivity index (χ2n) is 3.75. The third-order valence-corrected chi connectivity index (χ3v) is 3.94. The highest BCUT2D eigenvalue weighted by Crippen LogP contribution is 2.14. The zero-order valence-corrected chi connectivity index (χ0v) is 12.0. The number of rotatable bonds is 3. The minimum atomic E-state index is -0.109. The molecule has 1 amide bonds. The van der Waals surface area contributed by atoms with Gasteiger partial charge in [0, 0.05) is 10.8 Å². The number of thiazole rings is 1. The molecule has 0 fully saturated rings. The van der Waals surface area contributed by atoms with Crippen molar-refractivity contribution in [3.63, 3.8) is 0 Å². The number of amides is 1. The van der Waals surface area contributed by atoms with Gasteiger partial charge in [0.1, 0.15) is 0 Å². The number of hydrogen-bond donors (Lipinski definition) is 2. The predicted octanol–water partition coefficient (Wildman–Crippen LogP) is 1.75. The highest BCUT2D eigenvalue weighted by molar-refractivity contribution is 7.10. The van der Waals surface area contributed by atoms with Crippen LogP contribution in [0.1, 0.15) is 25.9 Å². The van der Waals surface area contributed by atoms with Crippen LogP contribution >= 0.6 is 22.7 Å². The lowest BCUT2D eigenvalue weighted by Crippen LogP contribution is -2.22. The molecule has 0 saturated heterocycles. The second-order valence-corrected chi connectivity index (χ2v) is 5.72. The van der Waals surface area contributed by atoms with E-state index < -0.39 is 0 Å². The van der Waals surface area contributed by atoms with Crippen molar-refractivity contribution >= 4 is 28.6 Å². The normalized spacial score (nSPS) is 9.79. The maximum Gasteiger partial charge on any atom is 0.252 e. The van der Waals surface area contributed by atoms with Crippen molar-refractivity contribution in [3.8, 4) is 11.8 Å². The number of hydrogen-bond acceptors (Lipinski definition) is 5. The summed E-state index contributed by atoms with van der Waals surface area (Å²) in [4.78, 5) is 17.0. The van der Waals surface area contributed by atoms with Crippen molar-refractivity contribution in [1.29, 1.82) is 0 Å². The molecule has 0 aliphatic rings. The molecule has 2 aromatic rings. The first kappa shape index (κ1) is 13.7. The van der Waals surface area contributed by atoms with Gasteiger partial charge < -0.3 is 11.1 Å². The zero-order valence-electron chi connectivity index (χ0n) is 10.4. The summed E-state index contributed by atoms with van der Waals surface area (Å²) in [5.41, 5.74) is 6.81. The fourth-order valence-corrected chi connectivity index (χ4v) is 2.79. The van der Waals surface area contributed by atoms with E-state index in [9.17, 15) is 4.79 Å². The molecular weight excluding hydrogens is 278 g/mol. The molecule has 2 aromatic heterocycles. The number of nitrogens with two attached hydrogens (primary N) is 1. The van der Waals surface area contributed by atoms with E-state index in [2.05, 4.69) is 22.1 Å². The van der Waals surface area contributed by atoms with E-state index >= 15 is 0 Å². The van der Waals surface area contributed by atoms with Gasteiger partial charge in [-0.3, -0.25) is 4.79 Å². The monoisotopic (exact) mass is 291 g/mol. The minimum Gasteiger partial charge on any atom is -0.346 e. The molecule has 2 rings (SSSR count). The average molecular weight is 291 g/mol. The Morgan fingerprint density at radius 3 is 3.00 bits per heavy atom. The summed E-state index contributed by atoms with van der Waals surface area (Å²) in [6.45, 7) is 2.71. The lowest BCUT2D eigenvalue weighted by Gasteiger charge is -2.00. The van der Waals surface area contributed by atoms with Crippen LogP contribution in [0, 0.1) is 18.8 Å². The Hall–Kier alpha value is -1.68. The van der Waals surface area contributed by atoms with Gasteiger partial charge in [-0.2, -0.15) is 0 Å². The van der Waals surface area contributed by atoms with Crippen LogP contribution in [0.5, 0.6) is 0 Å². The summed E-state index contributed by atoms with van der Waals surface area (Å²) in [7, 11) is 0. The molecular formula is C13H13N3OS2. The van der Waals surface area contributed by atoms with Crippen molar-refractivity contribution in [1.82, 2.24) is 10.3 Å². The molecule has 0 radical (unpaired) electrons. The van der Waals surface area contributed by atoms with Crippen molar-refractivity contribution in [2.24, 2.45) is 5.73 Å². The molecule has 0 aromatic carbocycles. The third-order valence-electron chi connectivity index (χ3n) is 2.27. The van der Waals surface area contributed by atoms with Gasteiger partial charge in [-0.15, -0.1) is 22.7 Å².